The Labute approximate surface area is 90.2 Å². The van der Waals surface area contributed by atoms with Gasteiger partial charge in [0, 0.05) is 25.6 Å². The van der Waals surface area contributed by atoms with Crippen molar-refractivity contribution in [1.82, 2.24) is 4.90 Å². The van der Waals surface area contributed by atoms with Gasteiger partial charge in [0.2, 0.25) is 5.91 Å². The van der Waals surface area contributed by atoms with Crippen LogP contribution >= 0.6 is 0 Å². The average Bonchev–Trinajstić information content (AvgIpc) is 2.23. The van der Waals surface area contributed by atoms with Crippen molar-refractivity contribution in [3.8, 4) is 0 Å². The largest absolute Gasteiger partial charge is 0.481 e. The van der Waals surface area contributed by atoms with E-state index in [1.165, 1.54) is 4.90 Å². The molecule has 2 atom stereocenters. The molecule has 0 fully saturated rings. The predicted octanol–water partition coefficient (Wildman–Crippen LogP) is 0.150. The molecule has 0 aliphatic heterocycles. The lowest BCUT2D eigenvalue weighted by atomic mass is 10.1. The summed E-state index contributed by atoms with van der Waals surface area (Å²) in [5, 5.41) is 8.74. The lowest BCUT2D eigenvalue weighted by molar-refractivity contribution is -0.143. The topological polar surface area (TPSA) is 83.6 Å². The minimum Gasteiger partial charge on any atom is -0.481 e. The fraction of sp³-hybridized carbons (Fsp3) is 0.800. The van der Waals surface area contributed by atoms with E-state index in [0.717, 1.165) is 0 Å². The highest BCUT2D eigenvalue weighted by atomic mass is 16.4. The number of rotatable bonds is 6. The van der Waals surface area contributed by atoms with Gasteiger partial charge < -0.3 is 15.7 Å². The van der Waals surface area contributed by atoms with Gasteiger partial charge >= 0.3 is 5.97 Å². The quantitative estimate of drug-likeness (QED) is 0.662. The number of carbonyl (C=O) groups excluding carboxylic acids is 1. The van der Waals surface area contributed by atoms with Gasteiger partial charge in [0.25, 0.3) is 0 Å². The van der Waals surface area contributed by atoms with E-state index < -0.39 is 11.9 Å². The van der Waals surface area contributed by atoms with Crippen molar-refractivity contribution in [3.05, 3.63) is 0 Å². The molecular weight excluding hydrogens is 196 g/mol. The maximum atomic E-state index is 11.7. The van der Waals surface area contributed by atoms with Crippen molar-refractivity contribution in [2.24, 2.45) is 17.6 Å². The van der Waals surface area contributed by atoms with Crippen molar-refractivity contribution < 1.29 is 14.7 Å². The third-order valence-electron chi connectivity index (χ3n) is 2.38. The van der Waals surface area contributed by atoms with Crippen LogP contribution in [-0.2, 0) is 9.59 Å². The van der Waals surface area contributed by atoms with Gasteiger partial charge in [-0.25, -0.2) is 0 Å². The van der Waals surface area contributed by atoms with Crippen LogP contribution in [-0.4, -0.2) is 41.5 Å². The molecule has 5 heteroatoms. The highest BCUT2D eigenvalue weighted by molar-refractivity contribution is 5.79. The van der Waals surface area contributed by atoms with Crippen LogP contribution in [0.4, 0.5) is 0 Å². The smallest absolute Gasteiger partial charge is 0.308 e. The Morgan fingerprint density at radius 2 is 1.87 bits per heavy atom. The van der Waals surface area contributed by atoms with E-state index in [1.54, 1.807) is 13.8 Å². The van der Waals surface area contributed by atoms with E-state index >= 15 is 0 Å². The Bertz CT molecular complexity index is 231. The van der Waals surface area contributed by atoms with Crippen LogP contribution in [0.15, 0.2) is 0 Å². The first kappa shape index (κ1) is 13.9. The molecule has 3 N–H and O–H groups in total. The molecule has 0 heterocycles. The predicted molar refractivity (Wildman–Crippen MR) is 57.3 cm³/mol. The maximum absolute atomic E-state index is 11.7. The zero-order chi connectivity index (χ0) is 12.0. The van der Waals surface area contributed by atoms with Gasteiger partial charge in [-0.15, -0.1) is 0 Å². The summed E-state index contributed by atoms with van der Waals surface area (Å²) in [6.07, 6.45) is 0. The summed E-state index contributed by atoms with van der Waals surface area (Å²) in [5.74, 6) is -1.75. The number of carbonyl (C=O) groups is 2. The van der Waals surface area contributed by atoms with E-state index in [-0.39, 0.29) is 24.9 Å². The molecule has 0 saturated heterocycles. The van der Waals surface area contributed by atoms with Gasteiger partial charge in [0.05, 0.1) is 5.92 Å². The van der Waals surface area contributed by atoms with Gasteiger partial charge in [-0.05, 0) is 6.92 Å². The molecular formula is C10H20N2O3. The summed E-state index contributed by atoms with van der Waals surface area (Å²) < 4.78 is 0. The molecule has 0 bridgehead atoms. The van der Waals surface area contributed by atoms with Gasteiger partial charge in [-0.1, -0.05) is 13.8 Å². The molecule has 1 amide bonds. The summed E-state index contributed by atoms with van der Waals surface area (Å²) in [5.41, 5.74) is 5.39. The molecule has 2 unspecified atom stereocenters. The highest BCUT2D eigenvalue weighted by Gasteiger charge is 2.22. The van der Waals surface area contributed by atoms with Crippen LogP contribution in [0.5, 0.6) is 0 Å². The maximum Gasteiger partial charge on any atom is 0.308 e. The summed E-state index contributed by atoms with van der Waals surface area (Å²) in [6, 6.07) is 0. The average molecular weight is 216 g/mol. The second kappa shape index (κ2) is 6.40. The Balaban J connectivity index is 4.36. The highest BCUT2D eigenvalue weighted by Crippen LogP contribution is 2.05. The molecule has 0 spiro atoms. The molecule has 0 radical (unpaired) electrons. The summed E-state index contributed by atoms with van der Waals surface area (Å²) in [4.78, 5) is 23.9. The fourth-order valence-corrected chi connectivity index (χ4v) is 1.20. The number of carboxylic acids is 1. The van der Waals surface area contributed by atoms with Crippen LogP contribution in [0, 0.1) is 11.8 Å². The van der Waals surface area contributed by atoms with Crippen molar-refractivity contribution >= 4 is 11.9 Å². The van der Waals surface area contributed by atoms with Crippen molar-refractivity contribution in [2.45, 2.75) is 20.8 Å². The number of carboxylic acid groups (broad SMARTS) is 1. The van der Waals surface area contributed by atoms with Crippen LogP contribution in [0.25, 0.3) is 0 Å². The van der Waals surface area contributed by atoms with Gasteiger partial charge in [0.1, 0.15) is 0 Å². The molecule has 0 aromatic carbocycles. The van der Waals surface area contributed by atoms with Gasteiger partial charge in [0.15, 0.2) is 0 Å². The molecule has 0 aromatic rings. The van der Waals surface area contributed by atoms with Gasteiger partial charge in [-0.3, -0.25) is 9.59 Å². The first-order valence-electron chi connectivity index (χ1n) is 5.15. The SMILES string of the molecule is CCN(CC(C)C(=O)O)C(=O)C(C)CN. The first-order chi connectivity index (χ1) is 6.93. The Morgan fingerprint density at radius 3 is 2.20 bits per heavy atom. The van der Waals surface area contributed by atoms with E-state index in [0.29, 0.717) is 6.54 Å². The Hall–Kier alpha value is -1.10. The molecule has 5 nitrogen and oxygen atoms in total. The number of aliphatic carboxylic acids is 1. The molecule has 88 valence electrons. The third kappa shape index (κ3) is 4.29. The fourth-order valence-electron chi connectivity index (χ4n) is 1.20. The summed E-state index contributed by atoms with van der Waals surface area (Å²) >= 11 is 0. The Morgan fingerprint density at radius 1 is 1.33 bits per heavy atom. The van der Waals surface area contributed by atoms with E-state index in [2.05, 4.69) is 0 Å². The molecule has 0 rings (SSSR count). The van der Waals surface area contributed by atoms with Gasteiger partial charge in [-0.2, -0.15) is 0 Å². The number of amides is 1. The number of nitrogens with zero attached hydrogens (tertiary/aromatic N) is 1. The zero-order valence-electron chi connectivity index (χ0n) is 9.56. The summed E-state index contributed by atoms with van der Waals surface area (Å²) in [6.45, 7) is 6.21. The van der Waals surface area contributed by atoms with Crippen LogP contribution < -0.4 is 5.73 Å². The zero-order valence-corrected chi connectivity index (χ0v) is 9.56. The molecule has 15 heavy (non-hydrogen) atoms. The molecule has 0 saturated carbocycles. The Kier molecular flexibility index (Phi) is 5.93. The molecule has 0 aromatic heterocycles. The lowest BCUT2D eigenvalue weighted by Gasteiger charge is -2.25. The molecule has 0 aliphatic carbocycles. The minimum atomic E-state index is -0.887. The normalized spacial score (nSPS) is 14.4. The second-order valence-corrected chi connectivity index (χ2v) is 3.75. The number of hydrogen-bond donors (Lipinski definition) is 2. The standard InChI is InChI=1S/C10H20N2O3/c1-4-12(6-8(3)10(14)15)9(13)7(2)5-11/h7-8H,4-6,11H2,1-3H3,(H,14,15). The number of nitrogens with two attached hydrogens (primary N) is 1. The van der Waals surface area contributed by atoms with Crippen LogP contribution in [0.1, 0.15) is 20.8 Å². The van der Waals surface area contributed by atoms with Crippen LogP contribution in [0.2, 0.25) is 0 Å². The monoisotopic (exact) mass is 216 g/mol. The van der Waals surface area contributed by atoms with E-state index in [4.69, 9.17) is 10.8 Å². The first-order valence-corrected chi connectivity index (χ1v) is 5.15. The third-order valence-corrected chi connectivity index (χ3v) is 2.38. The van der Waals surface area contributed by atoms with Crippen molar-refractivity contribution in [3.63, 3.8) is 0 Å². The van der Waals surface area contributed by atoms with Crippen molar-refractivity contribution in [2.75, 3.05) is 19.6 Å². The van der Waals surface area contributed by atoms with Crippen LogP contribution in [0.3, 0.4) is 0 Å². The van der Waals surface area contributed by atoms with Crippen molar-refractivity contribution in [1.29, 1.82) is 0 Å². The van der Waals surface area contributed by atoms with E-state index in [9.17, 15) is 9.59 Å². The minimum absolute atomic E-state index is 0.0758. The summed E-state index contributed by atoms with van der Waals surface area (Å²) in [7, 11) is 0. The molecule has 0 aliphatic rings. The lowest BCUT2D eigenvalue weighted by Crippen LogP contribution is -2.41. The number of hydrogen-bond acceptors (Lipinski definition) is 3. The second-order valence-electron chi connectivity index (χ2n) is 3.75. The van der Waals surface area contributed by atoms with E-state index in [1.807, 2.05) is 6.92 Å².